The van der Waals surface area contributed by atoms with Crippen LogP contribution >= 0.6 is 0 Å². The standard InChI is InChI=1S/C22H20F3NO2/c23-22(24,25)15-8-4-5-9-16(15)26-20(27)18-13-10-11-14(19(18)21(26)28)17(13)12-6-2-1-3-7-12/h4-5,8-11,13-14,18-19H,1-3,6-7H2/t13-,14-,18+,19+/m1/s1. The molecule has 5 rings (SSSR count). The van der Waals surface area contributed by atoms with Crippen LogP contribution in [0.5, 0.6) is 0 Å². The summed E-state index contributed by atoms with van der Waals surface area (Å²) in [5.74, 6) is -2.37. The number of para-hydroxylation sites is 1. The fraction of sp³-hybridized carbons (Fsp3) is 0.455. The average molecular weight is 387 g/mol. The molecule has 2 amide bonds. The molecule has 2 bridgehead atoms. The SMILES string of the molecule is O=C1[C@@H]2[C@@H](C(=O)N1c1ccccc1C(F)(F)F)[C@@H]1C=C[C@@H]2C1=C1CCCCC1. The summed E-state index contributed by atoms with van der Waals surface area (Å²) >= 11 is 0. The Kier molecular flexibility index (Phi) is 3.83. The summed E-state index contributed by atoms with van der Waals surface area (Å²) in [4.78, 5) is 27.2. The summed E-state index contributed by atoms with van der Waals surface area (Å²) in [6, 6.07) is 4.85. The van der Waals surface area contributed by atoms with Crippen LogP contribution in [0.4, 0.5) is 18.9 Å². The van der Waals surface area contributed by atoms with Gasteiger partial charge in [0.25, 0.3) is 0 Å². The Balaban J connectivity index is 1.55. The quantitative estimate of drug-likeness (QED) is 0.508. The van der Waals surface area contributed by atoms with Gasteiger partial charge < -0.3 is 0 Å². The van der Waals surface area contributed by atoms with Crippen LogP contribution in [0.15, 0.2) is 47.6 Å². The second kappa shape index (κ2) is 6.06. The molecule has 4 aliphatic rings. The third kappa shape index (κ3) is 2.36. The number of anilines is 1. The Hall–Kier alpha value is -2.37. The van der Waals surface area contributed by atoms with Crippen LogP contribution < -0.4 is 4.90 Å². The van der Waals surface area contributed by atoms with Gasteiger partial charge in [-0.2, -0.15) is 13.2 Å². The molecule has 1 heterocycles. The Morgan fingerprint density at radius 3 is 2.00 bits per heavy atom. The van der Waals surface area contributed by atoms with E-state index in [0.717, 1.165) is 36.6 Å². The number of fused-ring (bicyclic) bond motifs is 5. The highest BCUT2D eigenvalue weighted by Gasteiger charge is 2.62. The molecular weight excluding hydrogens is 367 g/mol. The summed E-state index contributed by atoms with van der Waals surface area (Å²) in [6.07, 6.45) is 4.83. The van der Waals surface area contributed by atoms with Gasteiger partial charge in [-0.1, -0.05) is 41.9 Å². The molecule has 0 spiro atoms. The van der Waals surface area contributed by atoms with Gasteiger partial charge in [0.1, 0.15) is 0 Å². The minimum absolute atomic E-state index is 0.136. The van der Waals surface area contributed by atoms with Crippen LogP contribution in [-0.4, -0.2) is 11.8 Å². The smallest absolute Gasteiger partial charge is 0.274 e. The predicted molar refractivity (Wildman–Crippen MR) is 97.1 cm³/mol. The second-order valence-electron chi connectivity index (χ2n) is 8.13. The van der Waals surface area contributed by atoms with Gasteiger partial charge in [-0.05, 0) is 37.8 Å². The lowest BCUT2D eigenvalue weighted by molar-refractivity contribution is -0.137. The zero-order chi connectivity index (χ0) is 19.6. The molecule has 3 aliphatic carbocycles. The number of rotatable bonds is 1. The number of allylic oxidation sites excluding steroid dienone is 4. The predicted octanol–water partition coefficient (Wildman–Crippen LogP) is 4.89. The Morgan fingerprint density at radius 1 is 0.857 bits per heavy atom. The average Bonchev–Trinajstić information content (AvgIpc) is 3.31. The fourth-order valence-electron chi connectivity index (χ4n) is 5.65. The van der Waals surface area contributed by atoms with Gasteiger partial charge in [0.2, 0.25) is 11.8 Å². The first-order valence-electron chi connectivity index (χ1n) is 9.84. The summed E-state index contributed by atoms with van der Waals surface area (Å²) < 4.78 is 40.3. The van der Waals surface area contributed by atoms with Crippen molar-refractivity contribution in [1.82, 2.24) is 0 Å². The Morgan fingerprint density at radius 2 is 1.43 bits per heavy atom. The van der Waals surface area contributed by atoms with Gasteiger partial charge in [-0.15, -0.1) is 0 Å². The molecule has 1 aromatic rings. The van der Waals surface area contributed by atoms with E-state index < -0.39 is 35.4 Å². The lowest BCUT2D eigenvalue weighted by Gasteiger charge is -2.24. The van der Waals surface area contributed by atoms with E-state index in [2.05, 4.69) is 0 Å². The molecular formula is C22H20F3NO2. The van der Waals surface area contributed by atoms with Crippen LogP contribution in [0.25, 0.3) is 0 Å². The Labute approximate surface area is 160 Å². The maximum Gasteiger partial charge on any atom is 0.418 e. The number of alkyl halides is 3. The van der Waals surface area contributed by atoms with Crippen molar-refractivity contribution in [3.8, 4) is 0 Å². The van der Waals surface area contributed by atoms with Gasteiger partial charge >= 0.3 is 6.18 Å². The highest BCUT2D eigenvalue weighted by Crippen LogP contribution is 2.58. The van der Waals surface area contributed by atoms with Crippen molar-refractivity contribution in [2.45, 2.75) is 38.3 Å². The van der Waals surface area contributed by atoms with E-state index in [4.69, 9.17) is 0 Å². The van der Waals surface area contributed by atoms with Gasteiger partial charge in [0.05, 0.1) is 23.1 Å². The van der Waals surface area contributed by atoms with E-state index in [-0.39, 0.29) is 17.5 Å². The molecule has 4 atom stereocenters. The summed E-state index contributed by atoms with van der Waals surface area (Å²) in [7, 11) is 0. The van der Waals surface area contributed by atoms with Crippen molar-refractivity contribution >= 4 is 17.5 Å². The highest BCUT2D eigenvalue weighted by molar-refractivity contribution is 6.23. The molecule has 6 heteroatoms. The number of carbonyl (C=O) groups is 2. The number of hydrogen-bond donors (Lipinski definition) is 0. The molecule has 1 aromatic carbocycles. The zero-order valence-electron chi connectivity index (χ0n) is 15.2. The first-order valence-corrected chi connectivity index (χ1v) is 9.84. The molecule has 1 saturated heterocycles. The van der Waals surface area contributed by atoms with Gasteiger partial charge in [-0.3, -0.25) is 9.59 Å². The van der Waals surface area contributed by atoms with E-state index in [1.165, 1.54) is 35.8 Å². The van der Waals surface area contributed by atoms with E-state index in [9.17, 15) is 22.8 Å². The molecule has 2 saturated carbocycles. The topological polar surface area (TPSA) is 37.4 Å². The lowest BCUT2D eigenvalue weighted by Crippen LogP contribution is -2.35. The third-order valence-corrected chi connectivity index (χ3v) is 6.73. The maximum atomic E-state index is 13.4. The first kappa shape index (κ1) is 17.7. The van der Waals surface area contributed by atoms with Gasteiger partial charge in [0.15, 0.2) is 0 Å². The van der Waals surface area contributed by atoms with Crippen molar-refractivity contribution in [3.05, 3.63) is 53.1 Å². The molecule has 0 radical (unpaired) electrons. The summed E-state index contributed by atoms with van der Waals surface area (Å²) in [5.41, 5.74) is 1.29. The molecule has 0 N–H and O–H groups in total. The monoisotopic (exact) mass is 387 g/mol. The van der Waals surface area contributed by atoms with Gasteiger partial charge in [-0.25, -0.2) is 4.90 Å². The molecule has 3 fully saturated rings. The first-order chi connectivity index (χ1) is 13.4. The van der Waals surface area contributed by atoms with Crippen LogP contribution in [0.1, 0.15) is 37.7 Å². The van der Waals surface area contributed by atoms with Crippen LogP contribution in [0.2, 0.25) is 0 Å². The van der Waals surface area contributed by atoms with Crippen molar-refractivity contribution in [3.63, 3.8) is 0 Å². The summed E-state index contributed by atoms with van der Waals surface area (Å²) in [5, 5.41) is 0. The molecule has 1 aliphatic heterocycles. The number of hydrogen-bond acceptors (Lipinski definition) is 2. The largest absolute Gasteiger partial charge is 0.418 e. The second-order valence-corrected chi connectivity index (χ2v) is 8.13. The lowest BCUT2D eigenvalue weighted by atomic mass is 9.85. The number of amides is 2. The number of benzene rings is 1. The van der Waals surface area contributed by atoms with E-state index in [0.29, 0.717) is 0 Å². The fourth-order valence-corrected chi connectivity index (χ4v) is 5.65. The zero-order valence-corrected chi connectivity index (χ0v) is 15.2. The van der Waals surface area contributed by atoms with Crippen molar-refractivity contribution in [1.29, 1.82) is 0 Å². The molecule has 0 aromatic heterocycles. The third-order valence-electron chi connectivity index (χ3n) is 6.73. The van der Waals surface area contributed by atoms with Crippen LogP contribution in [0, 0.1) is 23.7 Å². The molecule has 3 nitrogen and oxygen atoms in total. The minimum Gasteiger partial charge on any atom is -0.274 e. The van der Waals surface area contributed by atoms with Crippen LogP contribution in [-0.2, 0) is 15.8 Å². The van der Waals surface area contributed by atoms with Crippen molar-refractivity contribution in [2.24, 2.45) is 23.7 Å². The maximum absolute atomic E-state index is 13.4. The minimum atomic E-state index is -4.62. The molecule has 0 unspecified atom stereocenters. The van der Waals surface area contributed by atoms with Crippen molar-refractivity contribution < 1.29 is 22.8 Å². The number of halogens is 3. The van der Waals surface area contributed by atoms with E-state index >= 15 is 0 Å². The van der Waals surface area contributed by atoms with Gasteiger partial charge in [0, 0.05) is 11.8 Å². The van der Waals surface area contributed by atoms with Crippen molar-refractivity contribution in [2.75, 3.05) is 4.90 Å². The molecule has 146 valence electrons. The normalized spacial score (nSPS) is 31.9. The van der Waals surface area contributed by atoms with E-state index in [1.54, 1.807) is 0 Å². The van der Waals surface area contributed by atoms with Crippen LogP contribution in [0.3, 0.4) is 0 Å². The number of imide groups is 1. The highest BCUT2D eigenvalue weighted by atomic mass is 19.4. The van der Waals surface area contributed by atoms with E-state index in [1.807, 2.05) is 12.2 Å². The Bertz CT molecular complexity index is 888. The molecule has 28 heavy (non-hydrogen) atoms. The number of nitrogens with zero attached hydrogens (tertiary/aromatic N) is 1. The number of carbonyl (C=O) groups excluding carboxylic acids is 2. The summed E-state index contributed by atoms with van der Waals surface area (Å²) in [6.45, 7) is 0.